The lowest BCUT2D eigenvalue weighted by Gasteiger charge is -2.33. The molecule has 22 heavy (non-hydrogen) atoms. The number of hydrogen-bond donors (Lipinski definition) is 4. The van der Waals surface area contributed by atoms with Gasteiger partial charge in [0.25, 0.3) is 0 Å². The van der Waals surface area contributed by atoms with Gasteiger partial charge in [-0.2, -0.15) is 0 Å². The van der Waals surface area contributed by atoms with E-state index in [1.54, 1.807) is 6.20 Å². The zero-order valence-corrected chi connectivity index (χ0v) is 13.2. The Morgan fingerprint density at radius 1 is 1.50 bits per heavy atom. The number of rotatable bonds is 2. The number of aromatic amines is 1. The van der Waals surface area contributed by atoms with Crippen molar-refractivity contribution < 1.29 is 0 Å². The maximum absolute atomic E-state index is 8.50. The van der Waals surface area contributed by atoms with Gasteiger partial charge < -0.3 is 21.0 Å². The topological polar surface area (TPSA) is 106 Å². The van der Waals surface area contributed by atoms with Crippen molar-refractivity contribution in [2.45, 2.75) is 32.7 Å². The van der Waals surface area contributed by atoms with Gasteiger partial charge in [-0.1, -0.05) is 13.8 Å². The molecule has 118 valence electrons. The van der Waals surface area contributed by atoms with Crippen LogP contribution in [0.4, 0.5) is 0 Å². The molecule has 1 unspecified atom stereocenters. The first kappa shape index (κ1) is 16.2. The summed E-state index contributed by atoms with van der Waals surface area (Å²) in [4.78, 5) is 9.32. The zero-order chi connectivity index (χ0) is 16.1. The minimum absolute atomic E-state index is 0.121. The van der Waals surface area contributed by atoms with Crippen LogP contribution in [0.25, 0.3) is 11.0 Å². The van der Waals surface area contributed by atoms with Crippen molar-refractivity contribution in [2.75, 3.05) is 13.1 Å². The molecule has 3 heterocycles. The molecule has 0 amide bonds. The summed E-state index contributed by atoms with van der Waals surface area (Å²) in [6, 6.07) is 2.03. The molecule has 1 saturated heterocycles. The first-order valence-corrected chi connectivity index (χ1v) is 7.76. The highest BCUT2D eigenvalue weighted by molar-refractivity contribution is 6.12. The number of likely N-dealkylation sites (tertiary alicyclic amines) is 1. The van der Waals surface area contributed by atoms with Gasteiger partial charge in [0.15, 0.2) is 0 Å². The van der Waals surface area contributed by atoms with E-state index in [4.69, 9.17) is 16.6 Å². The molecule has 5 N–H and O–H groups in total. The summed E-state index contributed by atoms with van der Waals surface area (Å²) >= 11 is 0. The summed E-state index contributed by atoms with van der Waals surface area (Å²) in [5, 5.41) is 16.9. The quantitative estimate of drug-likeness (QED) is 0.505. The van der Waals surface area contributed by atoms with Crippen LogP contribution in [0.3, 0.4) is 0 Å². The average Bonchev–Trinajstić information content (AvgIpc) is 3.03. The first-order valence-electron chi connectivity index (χ1n) is 7.76. The summed E-state index contributed by atoms with van der Waals surface area (Å²) in [7, 11) is 0. The van der Waals surface area contributed by atoms with Crippen LogP contribution in [0.2, 0.25) is 0 Å². The van der Waals surface area contributed by atoms with Crippen LogP contribution in [0.5, 0.6) is 0 Å². The van der Waals surface area contributed by atoms with E-state index in [0.29, 0.717) is 17.9 Å². The Morgan fingerprint density at radius 3 is 2.95 bits per heavy atom. The van der Waals surface area contributed by atoms with Crippen LogP contribution < -0.4 is 5.73 Å². The summed E-state index contributed by atoms with van der Waals surface area (Å²) < 4.78 is 0. The molecule has 0 spiro atoms. The van der Waals surface area contributed by atoms with E-state index in [2.05, 4.69) is 9.97 Å². The van der Waals surface area contributed by atoms with E-state index in [9.17, 15) is 0 Å². The summed E-state index contributed by atoms with van der Waals surface area (Å²) in [5.74, 6) is 0.436. The molecular formula is C16H24N6. The largest absolute Gasteiger partial charge is 0.355 e. The molecule has 0 aliphatic carbocycles. The van der Waals surface area contributed by atoms with Crippen LogP contribution in [0.15, 0.2) is 18.5 Å². The van der Waals surface area contributed by atoms with Crippen molar-refractivity contribution >= 4 is 23.1 Å². The van der Waals surface area contributed by atoms with Crippen molar-refractivity contribution in [2.24, 2.45) is 5.73 Å². The molecule has 1 aliphatic rings. The van der Waals surface area contributed by atoms with Crippen LogP contribution in [-0.4, -0.2) is 46.0 Å². The van der Waals surface area contributed by atoms with E-state index in [-0.39, 0.29) is 6.04 Å². The van der Waals surface area contributed by atoms with Gasteiger partial charge in [-0.3, -0.25) is 5.41 Å². The molecule has 0 saturated carbocycles. The Labute approximate surface area is 130 Å². The molecule has 0 radical (unpaired) electrons. The SMILES string of the molecule is CC.N=Cc1cnc2[nH]ccc2c1C(=N)N1CCCC(N)C1. The predicted octanol–water partition coefficient (Wildman–Crippen LogP) is 2.34. The number of H-pyrrole nitrogens is 1. The van der Waals surface area contributed by atoms with Crippen LogP contribution in [0.1, 0.15) is 37.8 Å². The standard InChI is InChI=1S/C14H18N6.C2H6/c15-6-9-7-19-14-11(3-4-18-14)12(9)13(17)20-5-1-2-10(16)8-20;1-2/h3-4,6-7,10,15,17H,1-2,5,8,16H2,(H,18,19);1-2H3. The lowest BCUT2D eigenvalue weighted by Crippen LogP contribution is -2.46. The molecule has 6 nitrogen and oxygen atoms in total. The summed E-state index contributed by atoms with van der Waals surface area (Å²) in [6.07, 6.45) is 6.72. The molecule has 3 rings (SSSR count). The lowest BCUT2D eigenvalue weighted by atomic mass is 10.0. The summed E-state index contributed by atoms with van der Waals surface area (Å²) in [5.41, 5.74) is 8.18. The number of amidine groups is 1. The molecule has 1 aliphatic heterocycles. The second kappa shape index (κ2) is 7.17. The minimum Gasteiger partial charge on any atom is -0.355 e. The van der Waals surface area contributed by atoms with Gasteiger partial charge in [0.05, 0.1) is 0 Å². The Kier molecular flexibility index (Phi) is 5.27. The fourth-order valence-corrected chi connectivity index (χ4v) is 2.77. The van der Waals surface area contributed by atoms with Crippen LogP contribution in [0, 0.1) is 10.8 Å². The van der Waals surface area contributed by atoms with E-state index in [1.165, 1.54) is 6.21 Å². The Hall–Kier alpha value is -2.21. The third-order valence-corrected chi connectivity index (χ3v) is 3.78. The highest BCUT2D eigenvalue weighted by Gasteiger charge is 2.23. The van der Waals surface area contributed by atoms with E-state index >= 15 is 0 Å². The van der Waals surface area contributed by atoms with Crippen molar-refractivity contribution in [1.29, 1.82) is 10.8 Å². The van der Waals surface area contributed by atoms with Crippen molar-refractivity contribution in [3.63, 3.8) is 0 Å². The molecule has 2 aromatic heterocycles. The number of aromatic nitrogens is 2. The second-order valence-electron chi connectivity index (χ2n) is 5.17. The van der Waals surface area contributed by atoms with Gasteiger partial charge in [-0.05, 0) is 18.9 Å². The smallest absolute Gasteiger partial charge is 0.137 e. The Bertz CT molecular complexity index is 660. The van der Waals surface area contributed by atoms with E-state index in [0.717, 1.165) is 36.0 Å². The molecule has 0 bridgehead atoms. The fourth-order valence-electron chi connectivity index (χ4n) is 2.77. The fraction of sp³-hybridized carbons (Fsp3) is 0.438. The molecule has 1 atom stereocenters. The van der Waals surface area contributed by atoms with Crippen molar-refractivity contribution in [3.8, 4) is 0 Å². The van der Waals surface area contributed by atoms with Gasteiger partial charge in [-0.25, -0.2) is 4.98 Å². The number of nitrogens with zero attached hydrogens (tertiary/aromatic N) is 2. The number of fused-ring (bicyclic) bond motifs is 1. The number of piperidine rings is 1. The van der Waals surface area contributed by atoms with Gasteiger partial charge >= 0.3 is 0 Å². The van der Waals surface area contributed by atoms with Gasteiger partial charge in [0, 0.05) is 54.3 Å². The van der Waals surface area contributed by atoms with Crippen LogP contribution in [-0.2, 0) is 0 Å². The molecule has 2 aromatic rings. The van der Waals surface area contributed by atoms with E-state index < -0.39 is 0 Å². The van der Waals surface area contributed by atoms with Crippen molar-refractivity contribution in [3.05, 3.63) is 29.6 Å². The van der Waals surface area contributed by atoms with E-state index in [1.807, 2.05) is 31.0 Å². The first-order chi connectivity index (χ1) is 10.7. The third-order valence-electron chi connectivity index (χ3n) is 3.78. The number of hydrogen-bond acceptors (Lipinski definition) is 4. The third kappa shape index (κ3) is 3.01. The zero-order valence-electron chi connectivity index (χ0n) is 13.2. The van der Waals surface area contributed by atoms with Crippen LogP contribution >= 0.6 is 0 Å². The predicted molar refractivity (Wildman–Crippen MR) is 90.9 cm³/mol. The lowest BCUT2D eigenvalue weighted by molar-refractivity contribution is 0.309. The maximum Gasteiger partial charge on any atom is 0.137 e. The summed E-state index contributed by atoms with van der Waals surface area (Å²) in [6.45, 7) is 5.54. The van der Waals surface area contributed by atoms with Crippen molar-refractivity contribution in [1.82, 2.24) is 14.9 Å². The number of nitrogens with two attached hydrogens (primary N) is 1. The Morgan fingerprint density at radius 2 is 2.27 bits per heavy atom. The second-order valence-corrected chi connectivity index (χ2v) is 5.17. The molecule has 0 aromatic carbocycles. The minimum atomic E-state index is 0.121. The van der Waals surface area contributed by atoms with Gasteiger partial charge in [0.1, 0.15) is 11.5 Å². The molecule has 1 fully saturated rings. The maximum atomic E-state index is 8.50. The Balaban J connectivity index is 0.000000847. The highest BCUT2D eigenvalue weighted by atomic mass is 15.2. The normalized spacial score (nSPS) is 17.8. The average molecular weight is 300 g/mol. The molecular weight excluding hydrogens is 276 g/mol. The van der Waals surface area contributed by atoms with Gasteiger partial charge in [-0.15, -0.1) is 0 Å². The molecule has 6 heteroatoms. The van der Waals surface area contributed by atoms with Gasteiger partial charge in [0.2, 0.25) is 0 Å². The number of nitrogens with one attached hydrogen (secondary N) is 3. The monoisotopic (exact) mass is 300 g/mol. The highest BCUT2D eigenvalue weighted by Crippen LogP contribution is 2.22. The number of pyridine rings is 1.